The second kappa shape index (κ2) is 4.28. The van der Waals surface area contributed by atoms with E-state index >= 15 is 0 Å². The zero-order valence-electron chi connectivity index (χ0n) is 6.47. The Morgan fingerprint density at radius 3 is 2.77 bits per heavy atom. The van der Waals surface area contributed by atoms with Crippen molar-refractivity contribution in [2.75, 3.05) is 5.33 Å². The average molecular weight is 247 g/mol. The molecule has 0 saturated carbocycles. The minimum absolute atomic E-state index is 0.0271. The largest absolute Gasteiger partial charge is 0.254 e. The Morgan fingerprint density at radius 2 is 2.31 bits per heavy atom. The highest BCUT2D eigenvalue weighted by atomic mass is 79.9. The Kier molecular flexibility index (Phi) is 3.32. The van der Waals surface area contributed by atoms with Gasteiger partial charge in [-0.3, -0.25) is 4.98 Å². The Labute approximate surface area is 82.3 Å². The summed E-state index contributed by atoms with van der Waals surface area (Å²) in [5.74, 6) is -2.21. The molecule has 0 amide bonds. The summed E-state index contributed by atoms with van der Waals surface area (Å²) in [6.07, 6.45) is 0.894. The first-order chi connectivity index (χ1) is 6.19. The third-order valence-electron chi connectivity index (χ3n) is 1.48. The number of hydrogen-bond donors (Lipinski definition) is 0. The van der Waals surface area contributed by atoms with Crippen LogP contribution in [0.4, 0.5) is 8.78 Å². The number of pyridine rings is 1. The van der Waals surface area contributed by atoms with Gasteiger partial charge in [0.15, 0.2) is 0 Å². The molecule has 13 heavy (non-hydrogen) atoms. The molecule has 1 unspecified atom stereocenters. The van der Waals surface area contributed by atoms with E-state index < -0.39 is 17.6 Å². The predicted molar refractivity (Wildman–Crippen MR) is 46.3 cm³/mol. The molecule has 0 fully saturated rings. The van der Waals surface area contributed by atoms with Crippen LogP contribution in [0, 0.1) is 23.0 Å². The monoisotopic (exact) mass is 246 g/mol. The van der Waals surface area contributed by atoms with Gasteiger partial charge in [0, 0.05) is 11.4 Å². The van der Waals surface area contributed by atoms with Crippen LogP contribution in [0.25, 0.3) is 0 Å². The normalized spacial score (nSPS) is 12.2. The molecule has 5 heteroatoms. The van der Waals surface area contributed by atoms with Gasteiger partial charge in [0.05, 0.1) is 18.0 Å². The summed E-state index contributed by atoms with van der Waals surface area (Å²) in [5, 5.41) is 8.87. The molecular formula is C8H5BrF2N2. The van der Waals surface area contributed by atoms with Gasteiger partial charge in [-0.2, -0.15) is 5.26 Å². The number of alkyl halides is 1. The Balaban J connectivity index is 3.09. The van der Waals surface area contributed by atoms with E-state index in [9.17, 15) is 8.78 Å². The highest BCUT2D eigenvalue weighted by molar-refractivity contribution is 9.09. The summed E-state index contributed by atoms with van der Waals surface area (Å²) >= 11 is 3.04. The molecule has 1 aromatic heterocycles. The summed E-state index contributed by atoms with van der Waals surface area (Å²) in [6, 6.07) is 2.57. The van der Waals surface area contributed by atoms with Gasteiger partial charge in [-0.05, 0) is 0 Å². The molecule has 0 saturated heterocycles. The molecule has 0 aliphatic heterocycles. The van der Waals surface area contributed by atoms with Crippen molar-refractivity contribution in [1.82, 2.24) is 4.98 Å². The van der Waals surface area contributed by atoms with Crippen molar-refractivity contribution in [2.24, 2.45) is 0 Å². The number of aromatic nitrogens is 1. The Morgan fingerprint density at radius 1 is 1.62 bits per heavy atom. The predicted octanol–water partition coefficient (Wildman–Crippen LogP) is 2.36. The lowest BCUT2D eigenvalue weighted by molar-refractivity contribution is 0.555. The summed E-state index contributed by atoms with van der Waals surface area (Å²) in [6.45, 7) is 0. The number of hydrogen-bond acceptors (Lipinski definition) is 2. The fourth-order valence-electron chi connectivity index (χ4n) is 0.850. The quantitative estimate of drug-likeness (QED) is 0.752. The molecule has 0 N–H and O–H groups in total. The van der Waals surface area contributed by atoms with Crippen molar-refractivity contribution in [1.29, 1.82) is 5.26 Å². The molecule has 0 radical (unpaired) electrons. The lowest BCUT2D eigenvalue weighted by Crippen LogP contribution is -2.04. The Bertz CT molecular complexity index is 348. The van der Waals surface area contributed by atoms with Crippen LogP contribution in [-0.4, -0.2) is 10.3 Å². The van der Waals surface area contributed by atoms with Gasteiger partial charge in [-0.25, -0.2) is 8.78 Å². The second-order valence-electron chi connectivity index (χ2n) is 2.36. The first-order valence-electron chi connectivity index (χ1n) is 3.45. The summed E-state index contributed by atoms with van der Waals surface area (Å²) in [4.78, 5) is 3.52. The van der Waals surface area contributed by atoms with Gasteiger partial charge in [-0.1, -0.05) is 15.9 Å². The van der Waals surface area contributed by atoms with E-state index in [2.05, 4.69) is 20.9 Å². The van der Waals surface area contributed by atoms with Crippen LogP contribution in [0.15, 0.2) is 12.3 Å². The molecule has 1 rings (SSSR count). The fraction of sp³-hybridized carbons (Fsp3) is 0.250. The third-order valence-corrected chi connectivity index (χ3v) is 2.12. The lowest BCUT2D eigenvalue weighted by Gasteiger charge is -2.04. The molecular weight excluding hydrogens is 242 g/mol. The number of rotatable bonds is 2. The Hall–Kier alpha value is -1.02. The first-order valence-corrected chi connectivity index (χ1v) is 4.57. The summed E-state index contributed by atoms with van der Waals surface area (Å²) in [7, 11) is 0. The average Bonchev–Trinajstić information content (AvgIpc) is 2.10. The molecule has 0 bridgehead atoms. The van der Waals surface area contributed by atoms with Crippen LogP contribution in [-0.2, 0) is 0 Å². The van der Waals surface area contributed by atoms with Crippen LogP contribution >= 0.6 is 15.9 Å². The SMILES string of the molecule is N#CC(CBr)c1ncc(F)cc1F. The first kappa shape index (κ1) is 10.1. The molecule has 2 nitrogen and oxygen atoms in total. The van der Waals surface area contributed by atoms with Crippen LogP contribution < -0.4 is 0 Å². The van der Waals surface area contributed by atoms with Crippen molar-refractivity contribution >= 4 is 15.9 Å². The molecule has 68 valence electrons. The minimum Gasteiger partial charge on any atom is -0.254 e. The van der Waals surface area contributed by atoms with Crippen molar-refractivity contribution in [3.8, 4) is 6.07 Å². The smallest absolute Gasteiger partial charge is 0.149 e. The maximum Gasteiger partial charge on any atom is 0.149 e. The van der Waals surface area contributed by atoms with Gasteiger partial charge in [-0.15, -0.1) is 0 Å². The summed E-state index contributed by atoms with van der Waals surface area (Å²) < 4.78 is 25.4. The van der Waals surface area contributed by atoms with E-state index in [1.54, 1.807) is 0 Å². The van der Waals surface area contributed by atoms with Gasteiger partial charge in [0.1, 0.15) is 17.6 Å². The van der Waals surface area contributed by atoms with E-state index in [-0.39, 0.29) is 11.0 Å². The van der Waals surface area contributed by atoms with Gasteiger partial charge in [0.2, 0.25) is 0 Å². The van der Waals surface area contributed by atoms with Gasteiger partial charge in [0.25, 0.3) is 0 Å². The van der Waals surface area contributed by atoms with Gasteiger partial charge < -0.3 is 0 Å². The van der Waals surface area contributed by atoms with Crippen LogP contribution in [0.3, 0.4) is 0 Å². The summed E-state index contributed by atoms with van der Waals surface area (Å²) in [5.41, 5.74) is -0.0271. The molecule has 0 aliphatic carbocycles. The minimum atomic E-state index is -0.786. The maximum absolute atomic E-state index is 13.0. The third kappa shape index (κ3) is 2.22. The molecule has 1 heterocycles. The molecule has 0 aliphatic rings. The zero-order valence-corrected chi connectivity index (χ0v) is 8.05. The standard InChI is InChI=1S/C8H5BrF2N2/c9-2-5(3-12)8-7(11)1-6(10)4-13-8/h1,4-5H,2H2. The van der Waals surface area contributed by atoms with E-state index in [1.165, 1.54) is 0 Å². The molecule has 1 aromatic rings. The van der Waals surface area contributed by atoms with E-state index in [1.807, 2.05) is 6.07 Å². The number of nitrogens with zero attached hydrogens (tertiary/aromatic N) is 2. The zero-order chi connectivity index (χ0) is 9.84. The molecule has 0 spiro atoms. The number of nitriles is 1. The highest BCUT2D eigenvalue weighted by Gasteiger charge is 2.15. The topological polar surface area (TPSA) is 36.7 Å². The van der Waals surface area contributed by atoms with Crippen molar-refractivity contribution in [3.63, 3.8) is 0 Å². The van der Waals surface area contributed by atoms with Crippen molar-refractivity contribution < 1.29 is 8.78 Å². The highest BCUT2D eigenvalue weighted by Crippen LogP contribution is 2.18. The van der Waals surface area contributed by atoms with Crippen LogP contribution in [0.5, 0.6) is 0 Å². The maximum atomic E-state index is 13.0. The van der Waals surface area contributed by atoms with E-state index in [4.69, 9.17) is 5.26 Å². The van der Waals surface area contributed by atoms with Crippen molar-refractivity contribution in [3.05, 3.63) is 29.6 Å². The van der Waals surface area contributed by atoms with E-state index in [0.717, 1.165) is 12.3 Å². The van der Waals surface area contributed by atoms with E-state index in [0.29, 0.717) is 0 Å². The van der Waals surface area contributed by atoms with Crippen LogP contribution in [0.2, 0.25) is 0 Å². The second-order valence-corrected chi connectivity index (χ2v) is 3.00. The lowest BCUT2D eigenvalue weighted by atomic mass is 10.1. The molecule has 0 aromatic carbocycles. The molecule has 1 atom stereocenters. The van der Waals surface area contributed by atoms with Gasteiger partial charge >= 0.3 is 0 Å². The fourth-order valence-corrected chi connectivity index (χ4v) is 1.30. The van der Waals surface area contributed by atoms with Crippen molar-refractivity contribution in [2.45, 2.75) is 5.92 Å². The number of halogens is 3. The van der Waals surface area contributed by atoms with Crippen LogP contribution in [0.1, 0.15) is 11.6 Å².